The summed E-state index contributed by atoms with van der Waals surface area (Å²) in [5, 5.41) is 17.6. The Kier molecular flexibility index (Phi) is 2.92. The van der Waals surface area contributed by atoms with Crippen molar-refractivity contribution in [3.05, 3.63) is 27.3 Å². The first kappa shape index (κ1) is 9.03. The normalized spacial score (nSPS) is 9.82. The van der Waals surface area contributed by atoms with E-state index in [0.29, 0.717) is 5.46 Å². The van der Waals surface area contributed by atoms with Crippen LogP contribution >= 0.6 is 22.6 Å². The van der Waals surface area contributed by atoms with Gasteiger partial charge in [0.25, 0.3) is 0 Å². The van der Waals surface area contributed by atoms with Crippen molar-refractivity contribution in [3.8, 4) is 0 Å². The van der Waals surface area contributed by atoms with Crippen LogP contribution in [-0.4, -0.2) is 17.2 Å². The average Bonchev–Trinajstić information content (AvgIpc) is 1.94. The van der Waals surface area contributed by atoms with Gasteiger partial charge in [0.2, 0.25) is 0 Å². The van der Waals surface area contributed by atoms with E-state index in [-0.39, 0.29) is 0 Å². The molecule has 2 N–H and O–H groups in total. The minimum atomic E-state index is -1.36. The Balaban J connectivity index is 3.05. The maximum Gasteiger partial charge on any atom is 0.488 e. The number of hydrogen-bond acceptors (Lipinski definition) is 2. The van der Waals surface area contributed by atoms with Crippen molar-refractivity contribution in [2.75, 3.05) is 0 Å². The summed E-state index contributed by atoms with van der Waals surface area (Å²) in [5.41, 5.74) is 1.69. The third-order valence-corrected chi connectivity index (χ3v) is 2.66. The zero-order valence-corrected chi connectivity index (χ0v) is 8.24. The summed E-state index contributed by atoms with van der Waals surface area (Å²) in [5.74, 6) is 0. The zero-order chi connectivity index (χ0) is 8.43. The summed E-state index contributed by atoms with van der Waals surface area (Å²) < 4.78 is 1.05. The molecule has 1 rings (SSSR count). The van der Waals surface area contributed by atoms with Crippen molar-refractivity contribution >= 4 is 35.2 Å². The largest absolute Gasteiger partial charge is 0.488 e. The summed E-state index contributed by atoms with van der Waals surface area (Å²) in [6.45, 7) is 1.98. The molecule has 0 heterocycles. The lowest BCUT2D eigenvalue weighted by Crippen LogP contribution is -2.29. The van der Waals surface area contributed by atoms with Gasteiger partial charge in [0.15, 0.2) is 0 Å². The third-order valence-electron chi connectivity index (χ3n) is 1.49. The Hall–Kier alpha value is -0.0651. The highest BCUT2D eigenvalue weighted by molar-refractivity contribution is 14.1. The van der Waals surface area contributed by atoms with Crippen LogP contribution in [0.1, 0.15) is 5.56 Å². The molecule has 0 aromatic heterocycles. The third kappa shape index (κ3) is 2.18. The topological polar surface area (TPSA) is 40.5 Å². The highest BCUT2D eigenvalue weighted by Crippen LogP contribution is 2.07. The van der Waals surface area contributed by atoms with Gasteiger partial charge in [0, 0.05) is 3.57 Å². The molecule has 0 bridgehead atoms. The lowest BCUT2D eigenvalue weighted by molar-refractivity contribution is 0.426. The summed E-state index contributed by atoms with van der Waals surface area (Å²) in [6, 6.07) is 5.35. The highest BCUT2D eigenvalue weighted by atomic mass is 127. The number of halogens is 1. The quantitative estimate of drug-likeness (QED) is 0.563. The Labute approximate surface area is 79.5 Å². The molecule has 0 amide bonds. The number of aryl methyl sites for hydroxylation is 1. The van der Waals surface area contributed by atoms with Crippen LogP contribution in [0.15, 0.2) is 18.2 Å². The van der Waals surface area contributed by atoms with E-state index in [9.17, 15) is 0 Å². The molecule has 0 saturated heterocycles. The SMILES string of the molecule is Cc1ccc(B(O)O)cc1I. The minimum Gasteiger partial charge on any atom is -0.423 e. The van der Waals surface area contributed by atoms with Crippen molar-refractivity contribution in [1.82, 2.24) is 0 Å². The van der Waals surface area contributed by atoms with E-state index in [1.54, 1.807) is 12.1 Å². The number of hydrogen-bond donors (Lipinski definition) is 2. The fourth-order valence-electron chi connectivity index (χ4n) is 0.770. The van der Waals surface area contributed by atoms with Gasteiger partial charge in [-0.3, -0.25) is 0 Å². The lowest BCUT2D eigenvalue weighted by atomic mass is 9.80. The van der Waals surface area contributed by atoms with E-state index in [1.165, 1.54) is 0 Å². The molecule has 4 heteroatoms. The molecule has 0 radical (unpaired) electrons. The van der Waals surface area contributed by atoms with Gasteiger partial charge < -0.3 is 10.0 Å². The molecule has 0 saturated carbocycles. The summed E-state index contributed by atoms with van der Waals surface area (Å²) in [6.07, 6.45) is 0. The van der Waals surface area contributed by atoms with Crippen LogP contribution in [0, 0.1) is 10.5 Å². The Morgan fingerprint density at radius 2 is 2.00 bits per heavy atom. The van der Waals surface area contributed by atoms with Crippen molar-refractivity contribution < 1.29 is 10.0 Å². The van der Waals surface area contributed by atoms with Gasteiger partial charge in [-0.2, -0.15) is 0 Å². The lowest BCUT2D eigenvalue weighted by Gasteiger charge is -2.01. The van der Waals surface area contributed by atoms with Gasteiger partial charge in [-0.05, 0) is 46.6 Å². The first-order valence-corrected chi connectivity index (χ1v) is 4.31. The van der Waals surface area contributed by atoms with Crippen LogP contribution in [0.2, 0.25) is 0 Å². The molecule has 2 nitrogen and oxygen atoms in total. The highest BCUT2D eigenvalue weighted by Gasteiger charge is 2.10. The first-order valence-electron chi connectivity index (χ1n) is 3.23. The van der Waals surface area contributed by atoms with E-state index < -0.39 is 7.12 Å². The summed E-state index contributed by atoms with van der Waals surface area (Å²) in [7, 11) is -1.36. The molecule has 58 valence electrons. The van der Waals surface area contributed by atoms with Crippen LogP contribution in [0.25, 0.3) is 0 Å². The predicted molar refractivity (Wildman–Crippen MR) is 53.7 cm³/mol. The molecule has 0 spiro atoms. The van der Waals surface area contributed by atoms with Crippen molar-refractivity contribution in [2.45, 2.75) is 6.92 Å². The van der Waals surface area contributed by atoms with Crippen LogP contribution in [0.3, 0.4) is 0 Å². The second-order valence-electron chi connectivity index (χ2n) is 2.38. The monoisotopic (exact) mass is 262 g/mol. The standard InChI is InChI=1S/C7H8BIO2/c1-5-2-3-6(8(10)11)4-7(5)9/h2-4,10-11H,1H3. The number of rotatable bonds is 1. The van der Waals surface area contributed by atoms with E-state index in [0.717, 1.165) is 9.13 Å². The maximum absolute atomic E-state index is 8.79. The Morgan fingerprint density at radius 1 is 1.36 bits per heavy atom. The molecule has 0 aliphatic carbocycles. The molecule has 0 aliphatic heterocycles. The molecular weight excluding hydrogens is 254 g/mol. The van der Waals surface area contributed by atoms with Gasteiger partial charge in [0.1, 0.15) is 0 Å². The van der Waals surface area contributed by atoms with E-state index in [2.05, 4.69) is 22.6 Å². The molecule has 0 aliphatic rings. The average molecular weight is 262 g/mol. The maximum atomic E-state index is 8.79. The second kappa shape index (κ2) is 3.56. The van der Waals surface area contributed by atoms with E-state index in [1.807, 2.05) is 13.0 Å². The first-order chi connectivity index (χ1) is 5.11. The van der Waals surface area contributed by atoms with Crippen LogP contribution in [0.5, 0.6) is 0 Å². The Bertz CT molecular complexity index is 263. The predicted octanol–water partition coefficient (Wildman–Crippen LogP) is 0.279. The smallest absolute Gasteiger partial charge is 0.423 e. The molecular formula is C7H8BIO2. The van der Waals surface area contributed by atoms with Crippen LogP contribution < -0.4 is 5.46 Å². The van der Waals surface area contributed by atoms with Crippen molar-refractivity contribution in [2.24, 2.45) is 0 Å². The van der Waals surface area contributed by atoms with E-state index in [4.69, 9.17) is 10.0 Å². The van der Waals surface area contributed by atoms with Crippen LogP contribution in [0.4, 0.5) is 0 Å². The van der Waals surface area contributed by atoms with Crippen molar-refractivity contribution in [1.29, 1.82) is 0 Å². The fraction of sp³-hybridized carbons (Fsp3) is 0.143. The molecule has 11 heavy (non-hydrogen) atoms. The molecule has 0 atom stereocenters. The summed E-state index contributed by atoms with van der Waals surface area (Å²) >= 11 is 2.16. The van der Waals surface area contributed by atoms with Gasteiger partial charge in [-0.25, -0.2) is 0 Å². The second-order valence-corrected chi connectivity index (χ2v) is 3.54. The van der Waals surface area contributed by atoms with Gasteiger partial charge >= 0.3 is 7.12 Å². The minimum absolute atomic E-state index is 0.542. The zero-order valence-electron chi connectivity index (χ0n) is 6.08. The summed E-state index contributed by atoms with van der Waals surface area (Å²) in [4.78, 5) is 0. The number of benzene rings is 1. The van der Waals surface area contributed by atoms with Gasteiger partial charge in [0.05, 0.1) is 0 Å². The van der Waals surface area contributed by atoms with Gasteiger partial charge in [-0.1, -0.05) is 12.1 Å². The Morgan fingerprint density at radius 3 is 2.45 bits per heavy atom. The molecule has 0 unspecified atom stereocenters. The molecule has 1 aromatic carbocycles. The van der Waals surface area contributed by atoms with Crippen LogP contribution in [-0.2, 0) is 0 Å². The fourth-order valence-corrected chi connectivity index (χ4v) is 1.31. The van der Waals surface area contributed by atoms with Crippen molar-refractivity contribution in [3.63, 3.8) is 0 Å². The molecule has 0 fully saturated rings. The van der Waals surface area contributed by atoms with E-state index >= 15 is 0 Å². The van der Waals surface area contributed by atoms with Gasteiger partial charge in [-0.15, -0.1) is 0 Å². The molecule has 1 aromatic rings.